The number of furan rings is 1. The summed E-state index contributed by atoms with van der Waals surface area (Å²) in [4.78, 5) is 15.5. The number of ether oxygens (including phenoxy) is 2. The fraction of sp³-hybridized carbons (Fsp3) is 0.250. The van der Waals surface area contributed by atoms with Crippen LogP contribution in [0, 0.1) is 0 Å². The summed E-state index contributed by atoms with van der Waals surface area (Å²) in [5, 5.41) is 5.75. The second-order valence-corrected chi connectivity index (χ2v) is 8.75. The molecular formula is C28H26N2O4. The lowest BCUT2D eigenvalue weighted by molar-refractivity contribution is 0.0618. The monoisotopic (exact) mass is 454 g/mol. The quantitative estimate of drug-likeness (QED) is 0.401. The average molecular weight is 455 g/mol. The number of para-hydroxylation sites is 1. The zero-order valence-electron chi connectivity index (χ0n) is 18.8. The first-order valence-electron chi connectivity index (χ1n) is 11.7. The van der Waals surface area contributed by atoms with Gasteiger partial charge in [0.25, 0.3) is 5.91 Å². The van der Waals surface area contributed by atoms with Gasteiger partial charge >= 0.3 is 0 Å². The van der Waals surface area contributed by atoms with Gasteiger partial charge < -0.3 is 24.1 Å². The van der Waals surface area contributed by atoms with E-state index < -0.39 is 6.17 Å². The topological polar surface area (TPSA) is 63.9 Å². The summed E-state index contributed by atoms with van der Waals surface area (Å²) in [5.41, 5.74) is 2.39. The van der Waals surface area contributed by atoms with E-state index in [2.05, 4.69) is 23.5 Å². The van der Waals surface area contributed by atoms with E-state index in [9.17, 15) is 4.79 Å². The van der Waals surface area contributed by atoms with Crippen LogP contribution in [0.1, 0.15) is 40.7 Å². The van der Waals surface area contributed by atoms with E-state index in [1.54, 1.807) is 6.26 Å². The maximum atomic E-state index is 13.7. The Morgan fingerprint density at radius 2 is 1.88 bits per heavy atom. The zero-order chi connectivity index (χ0) is 22.9. The first-order valence-corrected chi connectivity index (χ1v) is 11.7. The van der Waals surface area contributed by atoms with E-state index in [1.807, 2.05) is 59.5 Å². The summed E-state index contributed by atoms with van der Waals surface area (Å²) in [6.45, 7) is 1.61. The lowest BCUT2D eigenvalue weighted by Crippen LogP contribution is -2.42. The minimum atomic E-state index is -0.432. The molecule has 3 aromatic carbocycles. The van der Waals surface area contributed by atoms with Crippen LogP contribution in [-0.2, 0) is 11.3 Å². The Morgan fingerprint density at radius 1 is 1.00 bits per heavy atom. The second-order valence-electron chi connectivity index (χ2n) is 8.75. The number of anilines is 1. The van der Waals surface area contributed by atoms with Crippen LogP contribution in [0.2, 0.25) is 0 Å². The molecule has 0 saturated carbocycles. The molecule has 1 saturated heterocycles. The maximum absolute atomic E-state index is 13.7. The molecule has 6 rings (SSSR count). The molecule has 1 fully saturated rings. The maximum Gasteiger partial charge on any atom is 0.258 e. The lowest BCUT2D eigenvalue weighted by Gasteiger charge is -2.38. The summed E-state index contributed by atoms with van der Waals surface area (Å²) < 4.78 is 17.8. The Morgan fingerprint density at radius 3 is 2.74 bits per heavy atom. The molecule has 0 radical (unpaired) electrons. The minimum Gasteiger partial charge on any atom is -0.490 e. The molecule has 1 aromatic heterocycles. The first-order chi connectivity index (χ1) is 16.8. The molecule has 2 unspecified atom stereocenters. The summed E-state index contributed by atoms with van der Waals surface area (Å²) in [5.74, 6) is 1.43. The van der Waals surface area contributed by atoms with Crippen LogP contribution in [0.25, 0.3) is 10.8 Å². The Bertz CT molecular complexity index is 1310. The largest absolute Gasteiger partial charge is 0.490 e. The number of amides is 1. The lowest BCUT2D eigenvalue weighted by atomic mass is 9.97. The Balaban J connectivity index is 1.47. The molecule has 0 aliphatic carbocycles. The second kappa shape index (κ2) is 8.88. The van der Waals surface area contributed by atoms with Crippen LogP contribution < -0.4 is 10.1 Å². The van der Waals surface area contributed by atoms with Gasteiger partial charge in [0, 0.05) is 17.9 Å². The molecule has 1 N–H and O–H groups in total. The van der Waals surface area contributed by atoms with Gasteiger partial charge in [-0.05, 0) is 53.9 Å². The smallest absolute Gasteiger partial charge is 0.258 e. The predicted octanol–water partition coefficient (Wildman–Crippen LogP) is 5.76. The molecule has 0 spiro atoms. The molecule has 1 amide bonds. The van der Waals surface area contributed by atoms with E-state index >= 15 is 0 Å². The normalized spacial score (nSPS) is 19.8. The number of nitrogens with one attached hydrogen (secondary N) is 1. The fourth-order valence-corrected chi connectivity index (χ4v) is 4.90. The molecule has 0 bridgehead atoms. The molecule has 2 atom stereocenters. The van der Waals surface area contributed by atoms with Crippen molar-refractivity contribution in [2.45, 2.75) is 31.7 Å². The van der Waals surface area contributed by atoms with Crippen molar-refractivity contribution in [2.75, 3.05) is 18.5 Å². The van der Waals surface area contributed by atoms with Gasteiger partial charge in [-0.25, -0.2) is 0 Å². The van der Waals surface area contributed by atoms with E-state index in [0.29, 0.717) is 18.7 Å². The van der Waals surface area contributed by atoms with Crippen molar-refractivity contribution in [3.63, 3.8) is 0 Å². The third-order valence-corrected chi connectivity index (χ3v) is 6.58. The number of carbonyl (C=O) groups excluding carboxylic acids is 1. The molecule has 34 heavy (non-hydrogen) atoms. The molecule has 6 heteroatoms. The molecule has 2 aliphatic heterocycles. The van der Waals surface area contributed by atoms with Crippen LogP contribution in [0.5, 0.6) is 5.75 Å². The van der Waals surface area contributed by atoms with Gasteiger partial charge in [0.15, 0.2) is 0 Å². The zero-order valence-corrected chi connectivity index (χ0v) is 18.8. The summed E-state index contributed by atoms with van der Waals surface area (Å²) in [6, 6.07) is 23.6. The van der Waals surface area contributed by atoms with Crippen molar-refractivity contribution in [3.05, 3.63) is 95.9 Å². The summed E-state index contributed by atoms with van der Waals surface area (Å²) in [6.07, 6.45) is 3.36. The number of nitrogens with zero attached hydrogens (tertiary/aromatic N) is 1. The number of carbonyl (C=O) groups is 1. The van der Waals surface area contributed by atoms with Crippen molar-refractivity contribution < 1.29 is 18.7 Å². The Labute approximate surface area is 198 Å². The van der Waals surface area contributed by atoms with Gasteiger partial charge in [-0.2, -0.15) is 0 Å². The number of hydrogen-bond donors (Lipinski definition) is 1. The van der Waals surface area contributed by atoms with E-state index in [0.717, 1.165) is 53.0 Å². The van der Waals surface area contributed by atoms with Crippen molar-refractivity contribution in [1.29, 1.82) is 0 Å². The SMILES string of the molecule is O=C1c2ccccc2NC(c2c(OCC3CCCO3)ccc3ccccc23)N1Cc1ccco1. The first kappa shape index (κ1) is 20.8. The highest BCUT2D eigenvalue weighted by Gasteiger charge is 2.36. The predicted molar refractivity (Wildman–Crippen MR) is 130 cm³/mol. The van der Waals surface area contributed by atoms with Crippen LogP contribution in [0.3, 0.4) is 0 Å². The number of fused-ring (bicyclic) bond motifs is 2. The van der Waals surface area contributed by atoms with Gasteiger partial charge in [0.1, 0.15) is 24.3 Å². The van der Waals surface area contributed by atoms with Crippen molar-refractivity contribution >= 4 is 22.4 Å². The van der Waals surface area contributed by atoms with Crippen LogP contribution >= 0.6 is 0 Å². The molecule has 3 heterocycles. The molecule has 4 aromatic rings. The summed E-state index contributed by atoms with van der Waals surface area (Å²) in [7, 11) is 0. The van der Waals surface area contributed by atoms with Crippen LogP contribution in [0.4, 0.5) is 5.69 Å². The van der Waals surface area contributed by atoms with E-state index in [4.69, 9.17) is 13.9 Å². The molecule has 2 aliphatic rings. The average Bonchev–Trinajstić information content (AvgIpc) is 3.59. The van der Waals surface area contributed by atoms with Crippen molar-refractivity contribution in [1.82, 2.24) is 4.90 Å². The highest BCUT2D eigenvalue weighted by Crippen LogP contribution is 2.41. The number of hydrogen-bond acceptors (Lipinski definition) is 5. The van der Waals surface area contributed by atoms with E-state index in [-0.39, 0.29) is 12.0 Å². The van der Waals surface area contributed by atoms with Crippen LogP contribution in [0.15, 0.2) is 83.5 Å². The third-order valence-electron chi connectivity index (χ3n) is 6.58. The van der Waals surface area contributed by atoms with Gasteiger partial charge in [0.2, 0.25) is 0 Å². The minimum absolute atomic E-state index is 0.0474. The molecule has 6 nitrogen and oxygen atoms in total. The number of rotatable bonds is 6. The van der Waals surface area contributed by atoms with Gasteiger partial charge in [-0.3, -0.25) is 4.79 Å². The third kappa shape index (κ3) is 3.80. The van der Waals surface area contributed by atoms with Crippen molar-refractivity contribution in [2.24, 2.45) is 0 Å². The van der Waals surface area contributed by atoms with Crippen LogP contribution in [-0.4, -0.2) is 30.1 Å². The van der Waals surface area contributed by atoms with Gasteiger partial charge in [-0.1, -0.05) is 42.5 Å². The van der Waals surface area contributed by atoms with E-state index in [1.165, 1.54) is 0 Å². The van der Waals surface area contributed by atoms with Gasteiger partial charge in [-0.15, -0.1) is 0 Å². The van der Waals surface area contributed by atoms with Gasteiger partial charge in [0.05, 0.1) is 24.5 Å². The highest BCUT2D eigenvalue weighted by atomic mass is 16.5. The molecular weight excluding hydrogens is 428 g/mol. The Hall–Kier alpha value is -3.77. The number of benzene rings is 3. The highest BCUT2D eigenvalue weighted by molar-refractivity contribution is 6.02. The molecule has 172 valence electrons. The Kier molecular flexibility index (Phi) is 5.43. The standard InChI is InChI=1S/C28H26N2O4/c31-28-23-11-3-4-12-24(23)29-27(30(28)17-20-8-5-15-32-20)26-22-10-2-1-7-19(22)13-14-25(26)34-18-21-9-6-16-33-21/h1-5,7-8,10-15,21,27,29H,6,9,16-18H2. The van der Waals surface area contributed by atoms with Crippen molar-refractivity contribution in [3.8, 4) is 5.75 Å². The summed E-state index contributed by atoms with van der Waals surface area (Å²) >= 11 is 0. The fourth-order valence-electron chi connectivity index (χ4n) is 4.90.